The molecule has 3 aromatic heterocycles. The summed E-state index contributed by atoms with van der Waals surface area (Å²) < 4.78 is 6.90. The largest absolute Gasteiger partial charge is 0.423 e. The van der Waals surface area contributed by atoms with Crippen molar-refractivity contribution < 1.29 is 4.42 Å². The second-order valence-electron chi connectivity index (χ2n) is 6.21. The molecule has 0 spiro atoms. The molecule has 4 aromatic rings. The van der Waals surface area contributed by atoms with Gasteiger partial charge in [-0.25, -0.2) is 9.78 Å². The highest BCUT2D eigenvalue weighted by atomic mass is 32.2. The number of thiophene rings is 1. The smallest absolute Gasteiger partial charge is 0.336 e. The van der Waals surface area contributed by atoms with Gasteiger partial charge >= 0.3 is 5.63 Å². The molecule has 4 rings (SSSR count). The van der Waals surface area contributed by atoms with E-state index in [1.165, 1.54) is 29.2 Å². The van der Waals surface area contributed by atoms with Gasteiger partial charge in [-0.05, 0) is 54.1 Å². The van der Waals surface area contributed by atoms with Gasteiger partial charge in [-0.3, -0.25) is 9.36 Å². The molecule has 7 heteroatoms. The summed E-state index contributed by atoms with van der Waals surface area (Å²) in [5, 5.41) is 4.06. The highest BCUT2D eigenvalue weighted by Gasteiger charge is 2.12. The number of nitrogens with zero attached hydrogens (tertiary/aromatic N) is 2. The van der Waals surface area contributed by atoms with Crippen LogP contribution in [0.1, 0.15) is 16.7 Å². The minimum Gasteiger partial charge on any atom is -0.423 e. The van der Waals surface area contributed by atoms with Crippen LogP contribution in [0, 0.1) is 13.8 Å². The molecule has 0 unspecified atom stereocenters. The second kappa shape index (κ2) is 6.41. The van der Waals surface area contributed by atoms with Crippen LogP contribution in [-0.2, 0) is 12.8 Å². The maximum absolute atomic E-state index is 12.4. The first-order valence-corrected chi connectivity index (χ1v) is 9.91. The first-order valence-electron chi connectivity index (χ1n) is 8.05. The van der Waals surface area contributed by atoms with Crippen LogP contribution in [0.15, 0.2) is 48.8 Å². The third kappa shape index (κ3) is 2.87. The van der Waals surface area contributed by atoms with Crippen molar-refractivity contribution in [3.8, 4) is 0 Å². The first-order chi connectivity index (χ1) is 12.4. The molecule has 0 N–H and O–H groups in total. The van der Waals surface area contributed by atoms with Gasteiger partial charge in [0.05, 0.1) is 5.39 Å². The van der Waals surface area contributed by atoms with E-state index in [1.807, 2.05) is 31.4 Å². The number of fused-ring (bicyclic) bond motifs is 2. The van der Waals surface area contributed by atoms with Gasteiger partial charge in [-0.1, -0.05) is 11.8 Å². The molecule has 3 heterocycles. The van der Waals surface area contributed by atoms with Gasteiger partial charge in [0.25, 0.3) is 5.56 Å². The molecule has 0 aliphatic carbocycles. The molecule has 0 saturated heterocycles. The van der Waals surface area contributed by atoms with E-state index in [-0.39, 0.29) is 11.2 Å². The van der Waals surface area contributed by atoms with E-state index >= 15 is 0 Å². The van der Waals surface area contributed by atoms with E-state index < -0.39 is 0 Å². The summed E-state index contributed by atoms with van der Waals surface area (Å²) in [5.41, 5.74) is 3.27. The number of benzene rings is 1. The fourth-order valence-electron chi connectivity index (χ4n) is 2.85. The van der Waals surface area contributed by atoms with Crippen molar-refractivity contribution in [2.75, 3.05) is 0 Å². The summed E-state index contributed by atoms with van der Waals surface area (Å²) in [4.78, 5) is 29.7. The molecule has 1 aromatic carbocycles. The molecular weight excluding hydrogens is 368 g/mol. The van der Waals surface area contributed by atoms with E-state index in [9.17, 15) is 9.59 Å². The summed E-state index contributed by atoms with van der Waals surface area (Å²) in [7, 11) is 1.72. The lowest BCUT2D eigenvalue weighted by atomic mass is 10.0. The third-order valence-corrected chi connectivity index (χ3v) is 6.35. The minimum atomic E-state index is -0.369. The van der Waals surface area contributed by atoms with Crippen molar-refractivity contribution in [2.45, 2.75) is 24.8 Å². The Morgan fingerprint density at radius 1 is 1.15 bits per heavy atom. The fourth-order valence-corrected chi connectivity index (χ4v) is 4.62. The highest BCUT2D eigenvalue weighted by Crippen LogP contribution is 2.28. The molecule has 0 aliphatic rings. The van der Waals surface area contributed by atoms with Gasteiger partial charge in [-0.2, -0.15) is 0 Å². The summed E-state index contributed by atoms with van der Waals surface area (Å²) in [6.07, 6.45) is 0. The second-order valence-corrected chi connectivity index (χ2v) is 8.05. The molecule has 132 valence electrons. The summed E-state index contributed by atoms with van der Waals surface area (Å²) in [5.74, 6) is 0.530. The molecule has 26 heavy (non-hydrogen) atoms. The lowest BCUT2D eigenvalue weighted by Crippen LogP contribution is -2.19. The van der Waals surface area contributed by atoms with Gasteiger partial charge in [0.1, 0.15) is 10.4 Å². The number of hydrogen-bond donors (Lipinski definition) is 0. The predicted molar refractivity (Wildman–Crippen MR) is 106 cm³/mol. The van der Waals surface area contributed by atoms with Crippen LogP contribution in [0.5, 0.6) is 0 Å². The van der Waals surface area contributed by atoms with E-state index in [0.29, 0.717) is 21.9 Å². The van der Waals surface area contributed by atoms with Gasteiger partial charge in [-0.15, -0.1) is 11.3 Å². The Morgan fingerprint density at radius 3 is 2.73 bits per heavy atom. The maximum Gasteiger partial charge on any atom is 0.336 e. The van der Waals surface area contributed by atoms with Crippen LogP contribution < -0.4 is 11.2 Å². The number of aromatic nitrogens is 2. The SMILES string of the molecule is Cc1cc2oc(=O)cc(CSc3nc4sccc4c(=O)n3C)c2cc1C. The zero-order valence-corrected chi connectivity index (χ0v) is 16.2. The predicted octanol–water partition coefficient (Wildman–Crippen LogP) is 4.01. The van der Waals surface area contributed by atoms with Gasteiger partial charge < -0.3 is 4.42 Å². The lowest BCUT2D eigenvalue weighted by molar-refractivity contribution is 0.559. The van der Waals surface area contributed by atoms with Crippen LogP contribution >= 0.6 is 23.1 Å². The Labute approximate surface area is 157 Å². The minimum absolute atomic E-state index is 0.0531. The quantitative estimate of drug-likeness (QED) is 0.303. The third-order valence-electron chi connectivity index (χ3n) is 4.47. The van der Waals surface area contributed by atoms with Crippen molar-refractivity contribution >= 4 is 44.3 Å². The number of thioether (sulfide) groups is 1. The molecule has 0 bridgehead atoms. The molecule has 0 atom stereocenters. The van der Waals surface area contributed by atoms with Crippen molar-refractivity contribution in [1.29, 1.82) is 0 Å². The Kier molecular flexibility index (Phi) is 4.20. The number of aryl methyl sites for hydroxylation is 2. The number of hydrogen-bond acceptors (Lipinski definition) is 6. The van der Waals surface area contributed by atoms with Crippen molar-refractivity contribution in [2.24, 2.45) is 7.05 Å². The molecular formula is C19H16N2O3S2. The van der Waals surface area contributed by atoms with Crippen LogP contribution in [0.3, 0.4) is 0 Å². The topological polar surface area (TPSA) is 65.1 Å². The zero-order valence-electron chi connectivity index (χ0n) is 14.5. The van der Waals surface area contributed by atoms with Gasteiger partial charge in [0.15, 0.2) is 5.16 Å². The van der Waals surface area contributed by atoms with Crippen molar-refractivity contribution in [3.05, 3.63) is 67.1 Å². The Bertz CT molecular complexity index is 1270. The van der Waals surface area contributed by atoms with Crippen LogP contribution in [0.4, 0.5) is 0 Å². The lowest BCUT2D eigenvalue weighted by Gasteiger charge is -2.09. The van der Waals surface area contributed by atoms with Crippen LogP contribution in [-0.4, -0.2) is 9.55 Å². The van der Waals surface area contributed by atoms with E-state index in [4.69, 9.17) is 4.42 Å². The van der Waals surface area contributed by atoms with Crippen LogP contribution in [0.2, 0.25) is 0 Å². The standard InChI is InChI=1S/C19H16N2O3S2/c1-10-6-14-12(8-16(22)24-15(14)7-11(10)2)9-26-19-20-17-13(4-5-25-17)18(23)21(19)3/h4-8H,9H2,1-3H3. The van der Waals surface area contributed by atoms with E-state index in [1.54, 1.807) is 17.7 Å². The summed E-state index contributed by atoms with van der Waals surface area (Å²) in [6.45, 7) is 4.03. The zero-order chi connectivity index (χ0) is 18.4. The van der Waals surface area contributed by atoms with Crippen LogP contribution in [0.25, 0.3) is 21.2 Å². The van der Waals surface area contributed by atoms with Gasteiger partial charge in [0, 0.05) is 24.3 Å². The summed E-state index contributed by atoms with van der Waals surface area (Å²) >= 11 is 2.90. The molecule has 0 radical (unpaired) electrons. The number of rotatable bonds is 3. The molecule has 0 amide bonds. The average Bonchev–Trinajstić information content (AvgIpc) is 3.07. The summed E-state index contributed by atoms with van der Waals surface area (Å²) in [6, 6.07) is 7.25. The molecule has 0 aliphatic heterocycles. The Morgan fingerprint density at radius 2 is 1.92 bits per heavy atom. The maximum atomic E-state index is 12.4. The average molecular weight is 384 g/mol. The van der Waals surface area contributed by atoms with Crippen molar-refractivity contribution in [3.63, 3.8) is 0 Å². The van der Waals surface area contributed by atoms with Gasteiger partial charge in [0.2, 0.25) is 0 Å². The monoisotopic (exact) mass is 384 g/mol. The highest BCUT2D eigenvalue weighted by molar-refractivity contribution is 7.98. The molecule has 5 nitrogen and oxygen atoms in total. The molecule has 0 saturated carbocycles. The Balaban J connectivity index is 1.77. The van der Waals surface area contributed by atoms with E-state index in [0.717, 1.165) is 26.9 Å². The van der Waals surface area contributed by atoms with Crippen molar-refractivity contribution in [1.82, 2.24) is 9.55 Å². The molecule has 0 fully saturated rings. The first kappa shape index (κ1) is 17.1. The Hall–Kier alpha value is -2.38. The fraction of sp³-hybridized carbons (Fsp3) is 0.211. The normalized spacial score (nSPS) is 11.5. The van der Waals surface area contributed by atoms with E-state index in [2.05, 4.69) is 4.98 Å².